The molecule has 2 aromatic rings. The topological polar surface area (TPSA) is 81.5 Å². The van der Waals surface area contributed by atoms with Crippen molar-refractivity contribution in [1.82, 2.24) is 5.32 Å². The van der Waals surface area contributed by atoms with Crippen molar-refractivity contribution in [3.8, 4) is 0 Å². The Morgan fingerprint density at radius 3 is 2.40 bits per heavy atom. The molecule has 1 heterocycles. The highest BCUT2D eigenvalue weighted by molar-refractivity contribution is 9.10. The molecule has 0 saturated carbocycles. The third-order valence-electron chi connectivity index (χ3n) is 4.33. The summed E-state index contributed by atoms with van der Waals surface area (Å²) in [6.45, 7) is 0. The van der Waals surface area contributed by atoms with Gasteiger partial charge >= 0.3 is 5.97 Å². The van der Waals surface area contributed by atoms with Crippen molar-refractivity contribution < 1.29 is 14.5 Å². The van der Waals surface area contributed by atoms with E-state index in [4.69, 9.17) is 4.74 Å². The number of ether oxygens (including phenoxy) is 1. The average Bonchev–Trinajstić information content (AvgIpc) is 3.04. The molecule has 2 atom stereocenters. The monoisotopic (exact) mass is 402 g/mol. The molecule has 3 rings (SSSR count). The summed E-state index contributed by atoms with van der Waals surface area (Å²) < 4.78 is 5.87. The molecule has 1 aliphatic rings. The van der Waals surface area contributed by atoms with Gasteiger partial charge in [-0.15, -0.1) is 0 Å². The lowest BCUT2D eigenvalue weighted by Crippen LogP contribution is -2.49. The molecule has 0 aliphatic carbocycles. The Bertz CT molecular complexity index is 836. The first-order valence-corrected chi connectivity index (χ1v) is 8.31. The maximum atomic E-state index is 12.8. The largest absolute Gasteiger partial charge is 0.467 e. The summed E-state index contributed by atoms with van der Waals surface area (Å²) in [5.74, 6) is -1.41. The van der Waals surface area contributed by atoms with E-state index in [1.165, 1.54) is 13.3 Å². The van der Waals surface area contributed by atoms with Crippen molar-refractivity contribution >= 4 is 21.9 Å². The van der Waals surface area contributed by atoms with Gasteiger partial charge in [-0.05, 0) is 23.3 Å². The van der Waals surface area contributed by atoms with E-state index >= 15 is 0 Å². The molecular weight excluding hydrogens is 388 g/mol. The number of rotatable bonds is 4. The summed E-state index contributed by atoms with van der Waals surface area (Å²) in [5.41, 5.74) is -0.239. The Morgan fingerprint density at radius 1 is 1.20 bits per heavy atom. The highest BCUT2D eigenvalue weighted by atomic mass is 79.9. The van der Waals surface area contributed by atoms with Crippen molar-refractivity contribution in [2.45, 2.75) is 11.5 Å². The number of benzene rings is 2. The van der Waals surface area contributed by atoms with E-state index < -0.39 is 22.3 Å². The zero-order chi connectivity index (χ0) is 18.0. The second kappa shape index (κ2) is 6.68. The molecule has 7 heteroatoms. The fourth-order valence-electron chi connectivity index (χ4n) is 3.22. The van der Waals surface area contributed by atoms with Crippen LogP contribution in [-0.4, -0.2) is 18.0 Å². The molecule has 0 unspecified atom stereocenters. The second-order valence-electron chi connectivity index (χ2n) is 5.62. The molecule has 0 saturated heterocycles. The lowest BCUT2D eigenvalue weighted by molar-refractivity contribution is -0.430. The number of hydrogen-bond donors (Lipinski definition) is 1. The van der Waals surface area contributed by atoms with Crippen LogP contribution in [0.2, 0.25) is 0 Å². The third-order valence-corrected chi connectivity index (χ3v) is 4.86. The van der Waals surface area contributed by atoms with Gasteiger partial charge in [-0.3, -0.25) is 10.1 Å². The summed E-state index contributed by atoms with van der Waals surface area (Å²) in [5, 5.41) is 14.6. The average molecular weight is 403 g/mol. The Hall–Kier alpha value is -2.67. The van der Waals surface area contributed by atoms with E-state index in [1.807, 2.05) is 6.07 Å². The van der Waals surface area contributed by atoms with Gasteiger partial charge in [0.15, 0.2) is 5.54 Å². The van der Waals surface area contributed by atoms with Gasteiger partial charge in [0.2, 0.25) is 0 Å². The first-order chi connectivity index (χ1) is 12.0. The lowest BCUT2D eigenvalue weighted by atomic mass is 9.75. The predicted octanol–water partition coefficient (Wildman–Crippen LogP) is 3.32. The summed E-state index contributed by atoms with van der Waals surface area (Å²) in [7, 11) is 1.28. The normalized spacial score (nSPS) is 22.0. The third kappa shape index (κ3) is 2.80. The van der Waals surface area contributed by atoms with E-state index in [-0.39, 0.29) is 5.70 Å². The van der Waals surface area contributed by atoms with Crippen molar-refractivity contribution in [3.63, 3.8) is 0 Å². The minimum Gasteiger partial charge on any atom is -0.467 e. The predicted molar refractivity (Wildman–Crippen MR) is 95.2 cm³/mol. The zero-order valence-electron chi connectivity index (χ0n) is 13.3. The van der Waals surface area contributed by atoms with E-state index in [0.717, 1.165) is 4.47 Å². The van der Waals surface area contributed by atoms with Gasteiger partial charge < -0.3 is 10.1 Å². The summed E-state index contributed by atoms with van der Waals surface area (Å²) in [6, 6.07) is 16.0. The van der Waals surface area contributed by atoms with Crippen molar-refractivity contribution in [2.75, 3.05) is 7.11 Å². The number of carbonyl (C=O) groups is 1. The standard InChI is InChI=1S/C18H15BrN2O4/c1-25-17(22)18(13-5-3-2-4-6-13)16(15(11-20-18)21(23)24)12-7-9-14(19)10-8-12/h2-11,16,20H,1H3/t16-,18-/m0/s1. The van der Waals surface area contributed by atoms with Crippen LogP contribution in [0.15, 0.2) is 71.0 Å². The SMILES string of the molecule is COC(=O)[C@@]1(c2ccccc2)NC=C([N+](=O)[O-])[C@@H]1c1ccc(Br)cc1. The molecule has 2 aromatic carbocycles. The Kier molecular flexibility index (Phi) is 4.59. The van der Waals surface area contributed by atoms with Crippen LogP contribution in [0.25, 0.3) is 0 Å². The summed E-state index contributed by atoms with van der Waals surface area (Å²) in [6.07, 6.45) is 1.29. The number of nitrogens with zero attached hydrogens (tertiary/aromatic N) is 1. The molecule has 0 fully saturated rings. The van der Waals surface area contributed by atoms with Gasteiger partial charge in [0, 0.05) is 4.47 Å². The minimum absolute atomic E-state index is 0.0865. The van der Waals surface area contributed by atoms with Crippen LogP contribution >= 0.6 is 15.9 Å². The summed E-state index contributed by atoms with van der Waals surface area (Å²) in [4.78, 5) is 24.0. The molecule has 25 heavy (non-hydrogen) atoms. The highest BCUT2D eigenvalue weighted by Gasteiger charge is 2.57. The van der Waals surface area contributed by atoms with Gasteiger partial charge in [0.05, 0.1) is 18.2 Å². The molecule has 0 spiro atoms. The van der Waals surface area contributed by atoms with Crippen LogP contribution in [-0.2, 0) is 15.1 Å². The lowest BCUT2D eigenvalue weighted by Gasteiger charge is -2.33. The van der Waals surface area contributed by atoms with Crippen LogP contribution in [0.4, 0.5) is 0 Å². The van der Waals surface area contributed by atoms with Gasteiger partial charge in [-0.1, -0.05) is 58.4 Å². The van der Waals surface area contributed by atoms with Gasteiger partial charge in [-0.25, -0.2) is 4.79 Å². The molecule has 128 valence electrons. The molecule has 0 radical (unpaired) electrons. The number of hydrogen-bond acceptors (Lipinski definition) is 5. The fraction of sp³-hybridized carbons (Fsp3) is 0.167. The molecule has 6 nitrogen and oxygen atoms in total. The maximum Gasteiger partial charge on any atom is 0.337 e. The molecule has 0 aromatic heterocycles. The van der Waals surface area contributed by atoms with E-state index in [9.17, 15) is 14.9 Å². The number of halogens is 1. The number of nitrogens with one attached hydrogen (secondary N) is 1. The molecule has 0 bridgehead atoms. The molecule has 1 N–H and O–H groups in total. The number of nitro groups is 1. The van der Waals surface area contributed by atoms with Crippen molar-refractivity contribution in [3.05, 3.63) is 92.2 Å². The molecule has 0 amide bonds. The van der Waals surface area contributed by atoms with Crippen LogP contribution in [0, 0.1) is 10.1 Å². The van der Waals surface area contributed by atoms with E-state index in [2.05, 4.69) is 21.2 Å². The van der Waals surface area contributed by atoms with Gasteiger partial charge in [0.1, 0.15) is 5.92 Å². The van der Waals surface area contributed by atoms with Crippen LogP contribution in [0.3, 0.4) is 0 Å². The van der Waals surface area contributed by atoms with Gasteiger partial charge in [0.25, 0.3) is 5.70 Å². The van der Waals surface area contributed by atoms with Crippen LogP contribution < -0.4 is 5.32 Å². The zero-order valence-corrected chi connectivity index (χ0v) is 14.9. The van der Waals surface area contributed by atoms with E-state index in [1.54, 1.807) is 48.5 Å². The Balaban J connectivity index is 2.24. The Labute approximate surface area is 152 Å². The van der Waals surface area contributed by atoms with Crippen LogP contribution in [0.5, 0.6) is 0 Å². The van der Waals surface area contributed by atoms with Crippen LogP contribution in [0.1, 0.15) is 17.0 Å². The minimum atomic E-state index is -1.40. The first kappa shape index (κ1) is 17.2. The quantitative estimate of drug-likeness (QED) is 0.481. The van der Waals surface area contributed by atoms with Crippen molar-refractivity contribution in [2.24, 2.45) is 0 Å². The second-order valence-corrected chi connectivity index (χ2v) is 6.54. The number of methoxy groups -OCH3 is 1. The van der Waals surface area contributed by atoms with E-state index in [0.29, 0.717) is 11.1 Å². The fourth-order valence-corrected chi connectivity index (χ4v) is 3.48. The molecule has 1 aliphatic heterocycles. The first-order valence-electron chi connectivity index (χ1n) is 7.52. The smallest absolute Gasteiger partial charge is 0.337 e. The molecular formula is C18H15BrN2O4. The number of carbonyl (C=O) groups excluding carboxylic acids is 1. The van der Waals surface area contributed by atoms with Crippen molar-refractivity contribution in [1.29, 1.82) is 0 Å². The number of esters is 1. The highest BCUT2D eigenvalue weighted by Crippen LogP contribution is 2.46. The maximum absolute atomic E-state index is 12.8. The Morgan fingerprint density at radius 2 is 1.84 bits per heavy atom. The summed E-state index contributed by atoms with van der Waals surface area (Å²) >= 11 is 3.36. The van der Waals surface area contributed by atoms with Gasteiger partial charge in [-0.2, -0.15) is 0 Å².